The maximum absolute atomic E-state index is 12.6. The van der Waals surface area contributed by atoms with Crippen molar-refractivity contribution in [1.82, 2.24) is 0 Å². The second-order valence-corrected chi connectivity index (χ2v) is 4.82. The van der Waals surface area contributed by atoms with E-state index >= 15 is 0 Å². The van der Waals surface area contributed by atoms with Crippen LogP contribution in [0.5, 0.6) is 5.75 Å². The van der Waals surface area contributed by atoms with Gasteiger partial charge in [-0.1, -0.05) is 0 Å². The van der Waals surface area contributed by atoms with Gasteiger partial charge in [0.25, 0.3) is 0 Å². The number of carbonyl (C=O) groups excluding carboxylic acids is 1. The van der Waals surface area contributed by atoms with Crippen molar-refractivity contribution in [3.05, 3.63) is 23.8 Å². The van der Waals surface area contributed by atoms with Crippen molar-refractivity contribution in [2.75, 3.05) is 17.2 Å². The van der Waals surface area contributed by atoms with Crippen molar-refractivity contribution < 1.29 is 23.1 Å². The van der Waals surface area contributed by atoms with E-state index in [1.807, 2.05) is 0 Å². The van der Waals surface area contributed by atoms with Gasteiger partial charge in [-0.05, 0) is 29.9 Å². The normalized spacial score (nSPS) is 20.1. The van der Waals surface area contributed by atoms with E-state index in [2.05, 4.69) is 12.6 Å². The molecule has 0 spiro atoms. The quantitative estimate of drug-likeness (QED) is 0.823. The van der Waals surface area contributed by atoms with E-state index in [0.29, 0.717) is 5.75 Å². The number of thiol groups is 1. The Morgan fingerprint density at radius 2 is 2.11 bits per heavy atom. The van der Waals surface area contributed by atoms with E-state index in [1.54, 1.807) is 0 Å². The van der Waals surface area contributed by atoms with Crippen molar-refractivity contribution in [1.29, 1.82) is 0 Å². The Hall–Kier alpha value is -1.37. The molecule has 1 saturated heterocycles. The van der Waals surface area contributed by atoms with Gasteiger partial charge >= 0.3 is 6.18 Å². The summed E-state index contributed by atoms with van der Waals surface area (Å²) in [4.78, 5) is 12.9. The molecule has 1 aromatic carbocycles. The highest BCUT2D eigenvalue weighted by Crippen LogP contribution is 2.38. The van der Waals surface area contributed by atoms with Crippen LogP contribution in [-0.4, -0.2) is 23.3 Å². The van der Waals surface area contributed by atoms with Gasteiger partial charge in [-0.25, -0.2) is 0 Å². The molecule has 2 rings (SSSR count). The lowest BCUT2D eigenvalue weighted by atomic mass is 10.1. The second-order valence-electron chi connectivity index (χ2n) is 4.46. The van der Waals surface area contributed by atoms with E-state index in [0.717, 1.165) is 18.2 Å². The Labute approximate surface area is 113 Å². The number of amides is 1. The zero-order valence-electron chi connectivity index (χ0n) is 9.81. The number of hydrogen-bond donors (Lipinski definition) is 2. The van der Waals surface area contributed by atoms with Gasteiger partial charge in [0.2, 0.25) is 5.91 Å². The Bertz CT molecular complexity index is 504. The highest BCUT2D eigenvalue weighted by Gasteiger charge is 2.35. The minimum Gasteiger partial charge on any atom is -0.506 e. The minimum atomic E-state index is -4.51. The first-order valence-electron chi connectivity index (χ1n) is 5.64. The largest absolute Gasteiger partial charge is 0.506 e. The summed E-state index contributed by atoms with van der Waals surface area (Å²) in [6.07, 6.45) is -4.27. The molecule has 1 atom stereocenters. The van der Waals surface area contributed by atoms with Crippen molar-refractivity contribution in [2.45, 2.75) is 12.6 Å². The molecule has 1 aliphatic heterocycles. The van der Waals surface area contributed by atoms with Crippen LogP contribution in [0.2, 0.25) is 0 Å². The average Bonchev–Trinajstić information content (AvgIpc) is 2.69. The first-order chi connectivity index (χ1) is 8.82. The van der Waals surface area contributed by atoms with Crippen LogP contribution in [0.15, 0.2) is 18.2 Å². The summed E-state index contributed by atoms with van der Waals surface area (Å²) in [5.74, 6) is -0.165. The van der Waals surface area contributed by atoms with Gasteiger partial charge < -0.3 is 10.0 Å². The maximum atomic E-state index is 12.6. The monoisotopic (exact) mass is 291 g/mol. The molecule has 19 heavy (non-hydrogen) atoms. The lowest BCUT2D eigenvalue weighted by Crippen LogP contribution is -2.25. The van der Waals surface area contributed by atoms with Crippen LogP contribution in [0, 0.1) is 5.92 Å². The Kier molecular flexibility index (Phi) is 3.66. The number of phenolic OH excluding ortho intramolecular Hbond substituents is 1. The van der Waals surface area contributed by atoms with Crippen LogP contribution in [0.1, 0.15) is 12.0 Å². The summed E-state index contributed by atoms with van der Waals surface area (Å²) < 4.78 is 37.9. The molecular weight excluding hydrogens is 279 g/mol. The smallest absolute Gasteiger partial charge is 0.416 e. The van der Waals surface area contributed by atoms with Crippen LogP contribution in [0.4, 0.5) is 18.9 Å². The summed E-state index contributed by atoms with van der Waals surface area (Å²) in [6, 6.07) is 2.54. The topological polar surface area (TPSA) is 40.5 Å². The number of benzene rings is 1. The number of halogens is 3. The predicted octanol–water partition coefficient (Wildman–Crippen LogP) is 2.69. The SMILES string of the molecule is O=C1CC(CS)CN1c1cc(C(F)(F)F)ccc1O. The predicted molar refractivity (Wildman–Crippen MR) is 67.4 cm³/mol. The molecule has 7 heteroatoms. The van der Waals surface area contributed by atoms with Gasteiger partial charge in [-0.15, -0.1) is 0 Å². The maximum Gasteiger partial charge on any atom is 0.416 e. The van der Waals surface area contributed by atoms with E-state index < -0.39 is 11.7 Å². The van der Waals surface area contributed by atoms with Gasteiger partial charge in [0.15, 0.2) is 0 Å². The standard InChI is InChI=1S/C12H12F3NO2S/c13-12(14,15)8-1-2-10(17)9(4-8)16-5-7(6-19)3-11(16)18/h1-2,4,7,17,19H,3,5-6H2. The van der Waals surface area contributed by atoms with Crippen LogP contribution in [0.25, 0.3) is 0 Å². The molecule has 104 valence electrons. The molecule has 1 heterocycles. The van der Waals surface area contributed by atoms with Crippen LogP contribution in [0.3, 0.4) is 0 Å². The number of rotatable bonds is 2. The van der Waals surface area contributed by atoms with Crippen molar-refractivity contribution >= 4 is 24.2 Å². The highest BCUT2D eigenvalue weighted by molar-refractivity contribution is 7.80. The molecule has 1 fully saturated rings. The summed E-state index contributed by atoms with van der Waals surface area (Å²) in [5, 5.41) is 9.66. The summed E-state index contributed by atoms with van der Waals surface area (Å²) in [5.41, 5.74) is -0.980. The second kappa shape index (κ2) is 4.96. The molecule has 1 amide bonds. The van der Waals surface area contributed by atoms with Gasteiger partial charge in [-0.3, -0.25) is 4.79 Å². The molecule has 0 radical (unpaired) electrons. The fourth-order valence-electron chi connectivity index (χ4n) is 2.05. The first-order valence-corrected chi connectivity index (χ1v) is 6.27. The van der Waals surface area contributed by atoms with E-state index in [9.17, 15) is 23.1 Å². The molecular formula is C12H12F3NO2S. The third-order valence-electron chi connectivity index (χ3n) is 3.06. The van der Waals surface area contributed by atoms with Gasteiger partial charge in [-0.2, -0.15) is 25.8 Å². The average molecular weight is 291 g/mol. The molecule has 0 aromatic heterocycles. The van der Waals surface area contributed by atoms with Crippen LogP contribution >= 0.6 is 12.6 Å². The van der Waals surface area contributed by atoms with E-state index in [4.69, 9.17) is 0 Å². The van der Waals surface area contributed by atoms with Crippen molar-refractivity contribution in [2.24, 2.45) is 5.92 Å². The van der Waals surface area contributed by atoms with Gasteiger partial charge in [0, 0.05) is 13.0 Å². The fourth-order valence-corrected chi connectivity index (χ4v) is 2.30. The summed E-state index contributed by atoms with van der Waals surface area (Å²) in [7, 11) is 0. The van der Waals surface area contributed by atoms with Crippen LogP contribution in [-0.2, 0) is 11.0 Å². The third-order valence-corrected chi connectivity index (χ3v) is 3.57. The number of nitrogens with zero attached hydrogens (tertiary/aromatic N) is 1. The number of aromatic hydroxyl groups is 1. The molecule has 3 nitrogen and oxygen atoms in total. The Morgan fingerprint density at radius 1 is 1.42 bits per heavy atom. The third kappa shape index (κ3) is 2.80. The highest BCUT2D eigenvalue weighted by atomic mass is 32.1. The number of anilines is 1. The summed E-state index contributed by atoms with van der Waals surface area (Å²) in [6.45, 7) is 0.275. The zero-order valence-corrected chi connectivity index (χ0v) is 10.7. The Morgan fingerprint density at radius 3 is 2.63 bits per heavy atom. The summed E-state index contributed by atoms with van der Waals surface area (Å²) >= 11 is 4.08. The lowest BCUT2D eigenvalue weighted by Gasteiger charge is -2.19. The number of hydrogen-bond acceptors (Lipinski definition) is 3. The van der Waals surface area contributed by atoms with Crippen molar-refractivity contribution in [3.8, 4) is 5.75 Å². The molecule has 0 saturated carbocycles. The van der Waals surface area contributed by atoms with E-state index in [1.165, 1.54) is 4.90 Å². The van der Waals surface area contributed by atoms with Gasteiger partial charge in [0.05, 0.1) is 11.3 Å². The number of carbonyl (C=O) groups is 1. The zero-order chi connectivity index (χ0) is 14.2. The van der Waals surface area contributed by atoms with Crippen molar-refractivity contribution in [3.63, 3.8) is 0 Å². The molecule has 1 aliphatic rings. The molecule has 1 unspecified atom stereocenters. The number of phenols is 1. The van der Waals surface area contributed by atoms with Crippen LogP contribution < -0.4 is 4.90 Å². The molecule has 0 aliphatic carbocycles. The lowest BCUT2D eigenvalue weighted by molar-refractivity contribution is -0.137. The Balaban J connectivity index is 2.37. The minimum absolute atomic E-state index is 0.00947. The molecule has 1 N–H and O–H groups in total. The van der Waals surface area contributed by atoms with E-state index in [-0.39, 0.29) is 36.2 Å². The first kappa shape index (κ1) is 14.0. The number of alkyl halides is 3. The van der Waals surface area contributed by atoms with Gasteiger partial charge in [0.1, 0.15) is 5.75 Å². The molecule has 1 aromatic rings. The molecule has 0 bridgehead atoms. The fraction of sp³-hybridized carbons (Fsp3) is 0.417.